The van der Waals surface area contributed by atoms with Gasteiger partial charge < -0.3 is 9.84 Å². The summed E-state index contributed by atoms with van der Waals surface area (Å²) < 4.78 is 32.2. The summed E-state index contributed by atoms with van der Waals surface area (Å²) in [6.07, 6.45) is -1.21. The highest BCUT2D eigenvalue weighted by Crippen LogP contribution is 2.35. The van der Waals surface area contributed by atoms with E-state index in [-0.39, 0.29) is 5.56 Å². The highest BCUT2D eigenvalue weighted by atomic mass is 19.3. The van der Waals surface area contributed by atoms with Gasteiger partial charge in [0.2, 0.25) is 0 Å². The smallest absolute Gasteiger partial charge is 0.309 e. The highest BCUT2D eigenvalue weighted by molar-refractivity contribution is 5.68. The molecule has 0 aliphatic heterocycles. The molecule has 0 saturated carbocycles. The molecule has 0 unspecified atom stereocenters. The van der Waals surface area contributed by atoms with Crippen LogP contribution >= 0.6 is 0 Å². The van der Waals surface area contributed by atoms with Gasteiger partial charge in [0.05, 0.1) is 7.11 Å². The SMILES string of the molecule is COc1c(C)cc(C(F)(F)CC(=O)O)cc1C. The van der Waals surface area contributed by atoms with Gasteiger partial charge in [-0.15, -0.1) is 0 Å². The quantitative estimate of drug-likeness (QED) is 0.885. The maximum atomic E-state index is 13.6. The Hall–Kier alpha value is -1.65. The van der Waals surface area contributed by atoms with Crippen molar-refractivity contribution in [3.05, 3.63) is 28.8 Å². The number of carbonyl (C=O) groups is 1. The zero-order valence-electron chi connectivity index (χ0n) is 9.88. The molecule has 0 aliphatic carbocycles. The van der Waals surface area contributed by atoms with Gasteiger partial charge >= 0.3 is 5.97 Å². The molecule has 0 spiro atoms. The summed E-state index contributed by atoms with van der Waals surface area (Å²) in [6.45, 7) is 3.29. The lowest BCUT2D eigenvalue weighted by molar-refractivity contribution is -0.145. The summed E-state index contributed by atoms with van der Waals surface area (Å²) in [6, 6.07) is 2.52. The van der Waals surface area contributed by atoms with Crippen LogP contribution in [0.15, 0.2) is 12.1 Å². The fourth-order valence-electron chi connectivity index (χ4n) is 1.78. The zero-order chi connectivity index (χ0) is 13.2. The number of hydrogen-bond donors (Lipinski definition) is 1. The number of aryl methyl sites for hydroxylation is 2. The van der Waals surface area contributed by atoms with E-state index in [1.807, 2.05) is 0 Å². The number of alkyl halides is 2. The van der Waals surface area contributed by atoms with Gasteiger partial charge in [-0.05, 0) is 37.1 Å². The third-order valence-corrected chi connectivity index (χ3v) is 2.46. The first-order chi connectivity index (χ1) is 7.77. The predicted molar refractivity (Wildman–Crippen MR) is 58.6 cm³/mol. The van der Waals surface area contributed by atoms with E-state index < -0.39 is 18.3 Å². The molecule has 1 N–H and O–H groups in total. The van der Waals surface area contributed by atoms with Crippen LogP contribution in [-0.2, 0) is 10.7 Å². The fraction of sp³-hybridized carbons (Fsp3) is 0.417. The number of hydrogen-bond acceptors (Lipinski definition) is 2. The van der Waals surface area contributed by atoms with Crippen molar-refractivity contribution in [1.29, 1.82) is 0 Å². The minimum Gasteiger partial charge on any atom is -0.496 e. The van der Waals surface area contributed by atoms with Gasteiger partial charge in [0.15, 0.2) is 0 Å². The van der Waals surface area contributed by atoms with Crippen LogP contribution in [0.5, 0.6) is 5.75 Å². The third-order valence-electron chi connectivity index (χ3n) is 2.46. The second-order valence-corrected chi connectivity index (χ2v) is 3.92. The molecular weight excluding hydrogens is 230 g/mol. The van der Waals surface area contributed by atoms with E-state index in [0.717, 1.165) is 0 Å². The molecule has 94 valence electrons. The second-order valence-electron chi connectivity index (χ2n) is 3.92. The molecule has 0 amide bonds. The first kappa shape index (κ1) is 13.4. The van der Waals surface area contributed by atoms with Crippen LogP contribution < -0.4 is 4.74 Å². The van der Waals surface area contributed by atoms with Crippen LogP contribution in [0.1, 0.15) is 23.1 Å². The first-order valence-corrected chi connectivity index (χ1v) is 5.03. The Bertz CT molecular complexity index is 418. The molecule has 0 radical (unpaired) electrons. The standard InChI is InChI=1S/C12H14F2O3/c1-7-4-9(5-8(2)11(7)17-3)12(13,14)6-10(15)16/h4-5H,6H2,1-3H3,(H,15,16). The number of rotatable bonds is 4. The number of methoxy groups -OCH3 is 1. The van der Waals surface area contributed by atoms with Gasteiger partial charge in [0.25, 0.3) is 5.92 Å². The molecule has 0 aromatic heterocycles. The van der Waals surface area contributed by atoms with Crippen LogP contribution in [-0.4, -0.2) is 18.2 Å². The number of halogens is 2. The summed E-state index contributed by atoms with van der Waals surface area (Å²) in [5.74, 6) is -4.35. The molecule has 0 aliphatic rings. The summed E-state index contributed by atoms with van der Waals surface area (Å²) in [5, 5.41) is 8.45. The highest BCUT2D eigenvalue weighted by Gasteiger charge is 2.35. The lowest BCUT2D eigenvalue weighted by atomic mass is 9.99. The van der Waals surface area contributed by atoms with Crippen molar-refractivity contribution in [3.63, 3.8) is 0 Å². The van der Waals surface area contributed by atoms with Gasteiger partial charge in [-0.25, -0.2) is 8.78 Å². The predicted octanol–water partition coefficient (Wildman–Crippen LogP) is 2.88. The van der Waals surface area contributed by atoms with Gasteiger partial charge in [-0.2, -0.15) is 0 Å². The summed E-state index contributed by atoms with van der Waals surface area (Å²) in [5.41, 5.74) is 0.829. The van der Waals surface area contributed by atoms with Crippen molar-refractivity contribution in [2.75, 3.05) is 7.11 Å². The van der Waals surface area contributed by atoms with E-state index in [0.29, 0.717) is 16.9 Å². The second kappa shape index (κ2) is 4.69. The topological polar surface area (TPSA) is 46.5 Å². The van der Waals surface area contributed by atoms with E-state index in [2.05, 4.69) is 0 Å². The van der Waals surface area contributed by atoms with Crippen LogP contribution in [0.25, 0.3) is 0 Å². The summed E-state index contributed by atoms with van der Waals surface area (Å²) >= 11 is 0. The Morgan fingerprint density at radius 2 is 1.82 bits per heavy atom. The number of benzene rings is 1. The number of ether oxygens (including phenoxy) is 1. The molecule has 5 heteroatoms. The van der Waals surface area contributed by atoms with E-state index in [1.54, 1.807) is 13.8 Å². The van der Waals surface area contributed by atoms with Crippen molar-refractivity contribution in [3.8, 4) is 5.75 Å². The molecule has 0 fully saturated rings. The van der Waals surface area contributed by atoms with Gasteiger partial charge in [0.1, 0.15) is 12.2 Å². The van der Waals surface area contributed by atoms with E-state index in [4.69, 9.17) is 9.84 Å². The van der Waals surface area contributed by atoms with E-state index in [9.17, 15) is 13.6 Å². The Morgan fingerprint density at radius 3 is 2.18 bits per heavy atom. The number of aliphatic carboxylic acids is 1. The van der Waals surface area contributed by atoms with Crippen LogP contribution in [0, 0.1) is 13.8 Å². The van der Waals surface area contributed by atoms with Crippen molar-refractivity contribution in [2.24, 2.45) is 0 Å². The van der Waals surface area contributed by atoms with Crippen LogP contribution in [0.3, 0.4) is 0 Å². The van der Waals surface area contributed by atoms with Crippen molar-refractivity contribution < 1.29 is 23.4 Å². The van der Waals surface area contributed by atoms with Crippen LogP contribution in [0.4, 0.5) is 8.78 Å². The molecule has 0 atom stereocenters. The Balaban J connectivity index is 3.20. The zero-order valence-corrected chi connectivity index (χ0v) is 9.88. The average molecular weight is 244 g/mol. The average Bonchev–Trinajstić information content (AvgIpc) is 2.14. The maximum Gasteiger partial charge on any atom is 0.309 e. The minimum absolute atomic E-state index is 0.296. The van der Waals surface area contributed by atoms with Crippen molar-refractivity contribution in [1.82, 2.24) is 0 Å². The molecule has 0 saturated heterocycles. The minimum atomic E-state index is -3.37. The Kier molecular flexibility index (Phi) is 3.70. The van der Waals surface area contributed by atoms with E-state index in [1.165, 1.54) is 19.2 Å². The monoisotopic (exact) mass is 244 g/mol. The normalized spacial score (nSPS) is 11.4. The van der Waals surface area contributed by atoms with Crippen molar-refractivity contribution in [2.45, 2.75) is 26.2 Å². The first-order valence-electron chi connectivity index (χ1n) is 5.03. The van der Waals surface area contributed by atoms with Crippen molar-refractivity contribution >= 4 is 5.97 Å². The van der Waals surface area contributed by atoms with Gasteiger partial charge in [-0.3, -0.25) is 4.79 Å². The number of carboxylic acids is 1. The fourth-order valence-corrected chi connectivity index (χ4v) is 1.78. The molecule has 17 heavy (non-hydrogen) atoms. The maximum absolute atomic E-state index is 13.6. The molecular formula is C12H14F2O3. The number of carboxylic acid groups (broad SMARTS) is 1. The molecule has 0 bridgehead atoms. The van der Waals surface area contributed by atoms with E-state index >= 15 is 0 Å². The molecule has 1 aromatic carbocycles. The lowest BCUT2D eigenvalue weighted by Gasteiger charge is -2.17. The summed E-state index contributed by atoms with van der Waals surface area (Å²) in [7, 11) is 1.46. The molecule has 3 nitrogen and oxygen atoms in total. The van der Waals surface area contributed by atoms with Gasteiger partial charge in [-0.1, -0.05) is 0 Å². The molecule has 1 aromatic rings. The Morgan fingerprint density at radius 1 is 1.35 bits per heavy atom. The molecule has 1 rings (SSSR count). The third kappa shape index (κ3) is 2.93. The largest absolute Gasteiger partial charge is 0.496 e. The lowest BCUT2D eigenvalue weighted by Crippen LogP contribution is -2.19. The molecule has 0 heterocycles. The Labute approximate surface area is 98.0 Å². The van der Waals surface area contributed by atoms with Crippen LogP contribution in [0.2, 0.25) is 0 Å². The van der Waals surface area contributed by atoms with Gasteiger partial charge in [0, 0.05) is 5.56 Å². The summed E-state index contributed by atoms with van der Waals surface area (Å²) in [4.78, 5) is 10.4.